The fourth-order valence-electron chi connectivity index (χ4n) is 7.35. The number of carbonyl (C=O) groups is 1. The van der Waals surface area contributed by atoms with Gasteiger partial charge in [-0.05, 0) is 100.0 Å². The van der Waals surface area contributed by atoms with Crippen LogP contribution >= 0.6 is 0 Å². The summed E-state index contributed by atoms with van der Waals surface area (Å²) in [4.78, 5) is 14.5. The second-order valence-corrected chi connectivity index (χ2v) is 19.1. The molecular weight excluding hydrogens is 715 g/mol. The van der Waals surface area contributed by atoms with Crippen molar-refractivity contribution in [1.29, 1.82) is 0 Å². The number of esters is 1. The first-order valence-electron chi connectivity index (χ1n) is 24.3. The molecule has 4 atom stereocenters. The summed E-state index contributed by atoms with van der Waals surface area (Å²) >= 11 is 0. The molecule has 0 aliphatic rings. The number of aliphatic hydroxyl groups excluding tert-OH is 2. The molecule has 342 valence electrons. The maximum atomic E-state index is 12.1. The van der Waals surface area contributed by atoms with E-state index in [4.69, 9.17) is 18.9 Å². The van der Waals surface area contributed by atoms with E-state index in [0.717, 1.165) is 101 Å². The van der Waals surface area contributed by atoms with Crippen LogP contribution in [0.15, 0.2) is 0 Å². The standard InChI is InChI=1S/C49H99NO7/c1-41(2)21-18-24-44(7)29-37-54-47(52)27-14-11-10-12-16-33-50(35-36-51)34-17-13-15-28-48(53)55-40-32-49(56-38-30-45(8)25-19-22-42(3)4)57-39-31-46(9)26-20-23-43(5)6/h41-46,48-49,51,53H,10-40H2,1-9H3. The third kappa shape index (κ3) is 40.4. The van der Waals surface area contributed by atoms with Gasteiger partial charge in [0.2, 0.25) is 0 Å². The lowest BCUT2D eigenvalue weighted by atomic mass is 9.97. The summed E-state index contributed by atoms with van der Waals surface area (Å²) in [5, 5.41) is 20.1. The highest BCUT2D eigenvalue weighted by atomic mass is 16.7. The van der Waals surface area contributed by atoms with Gasteiger partial charge < -0.3 is 34.1 Å². The Morgan fingerprint density at radius 1 is 0.456 bits per heavy atom. The summed E-state index contributed by atoms with van der Waals surface area (Å²) in [6, 6.07) is 0. The number of hydrogen-bond donors (Lipinski definition) is 2. The molecule has 8 nitrogen and oxygen atoms in total. The van der Waals surface area contributed by atoms with Crippen molar-refractivity contribution in [2.24, 2.45) is 35.5 Å². The minimum Gasteiger partial charge on any atom is -0.466 e. The van der Waals surface area contributed by atoms with E-state index in [2.05, 4.69) is 67.2 Å². The summed E-state index contributed by atoms with van der Waals surface area (Å²) < 4.78 is 23.8. The first-order chi connectivity index (χ1) is 27.3. The van der Waals surface area contributed by atoms with E-state index < -0.39 is 6.29 Å². The molecule has 0 aromatic heterocycles. The number of carbonyl (C=O) groups excluding carboxylic acids is 1. The van der Waals surface area contributed by atoms with Gasteiger partial charge in [0.25, 0.3) is 0 Å². The molecule has 4 unspecified atom stereocenters. The number of unbranched alkanes of at least 4 members (excludes halogenated alkanes) is 6. The molecule has 8 heteroatoms. The Labute approximate surface area is 354 Å². The third-order valence-electron chi connectivity index (χ3n) is 11.5. The first kappa shape index (κ1) is 56.2. The first-order valence-corrected chi connectivity index (χ1v) is 24.3. The Morgan fingerprint density at radius 3 is 1.39 bits per heavy atom. The van der Waals surface area contributed by atoms with Gasteiger partial charge in [0.1, 0.15) is 0 Å². The van der Waals surface area contributed by atoms with Gasteiger partial charge in [-0.2, -0.15) is 0 Å². The molecule has 2 N–H and O–H groups in total. The number of aliphatic hydroxyl groups is 2. The van der Waals surface area contributed by atoms with Crippen LogP contribution in [0.5, 0.6) is 0 Å². The van der Waals surface area contributed by atoms with Crippen LogP contribution in [-0.2, 0) is 23.7 Å². The minimum atomic E-state index is -0.767. The molecule has 0 heterocycles. The van der Waals surface area contributed by atoms with E-state index in [0.29, 0.717) is 70.0 Å². The van der Waals surface area contributed by atoms with Crippen LogP contribution in [0, 0.1) is 35.5 Å². The van der Waals surface area contributed by atoms with Crippen molar-refractivity contribution >= 4 is 5.97 Å². The highest BCUT2D eigenvalue weighted by molar-refractivity contribution is 5.69. The number of nitrogens with zero attached hydrogens (tertiary/aromatic N) is 1. The van der Waals surface area contributed by atoms with Gasteiger partial charge in [0.05, 0.1) is 19.8 Å². The predicted molar refractivity (Wildman–Crippen MR) is 240 cm³/mol. The maximum Gasteiger partial charge on any atom is 0.305 e. The lowest BCUT2D eigenvalue weighted by molar-refractivity contribution is -0.171. The van der Waals surface area contributed by atoms with Crippen molar-refractivity contribution in [3.8, 4) is 0 Å². The average Bonchev–Trinajstić information content (AvgIpc) is 3.13. The zero-order valence-electron chi connectivity index (χ0n) is 39.4. The SMILES string of the molecule is CC(C)CCCC(C)CCOC(=O)CCCCCCCN(CCO)CCCCCC(O)OCCC(OCCC(C)CCCC(C)C)OCCC(C)CCCC(C)C. The molecular formula is C49H99NO7. The molecule has 0 aliphatic heterocycles. The number of hydrogen-bond acceptors (Lipinski definition) is 8. The average molecular weight is 814 g/mol. The maximum absolute atomic E-state index is 12.1. The van der Waals surface area contributed by atoms with E-state index in [-0.39, 0.29) is 18.9 Å². The highest BCUT2D eigenvalue weighted by Crippen LogP contribution is 2.19. The molecule has 0 saturated carbocycles. The van der Waals surface area contributed by atoms with Gasteiger partial charge >= 0.3 is 5.97 Å². The summed E-state index contributed by atoms with van der Waals surface area (Å²) in [6.07, 6.45) is 23.5. The lowest BCUT2D eigenvalue weighted by Gasteiger charge is -2.22. The van der Waals surface area contributed by atoms with E-state index >= 15 is 0 Å². The van der Waals surface area contributed by atoms with Crippen LogP contribution in [0.3, 0.4) is 0 Å². The van der Waals surface area contributed by atoms with Crippen molar-refractivity contribution in [1.82, 2.24) is 4.90 Å². The molecule has 0 radical (unpaired) electrons. The second-order valence-electron chi connectivity index (χ2n) is 19.1. The fraction of sp³-hybridized carbons (Fsp3) is 0.980. The van der Waals surface area contributed by atoms with Gasteiger partial charge in [0, 0.05) is 32.6 Å². The third-order valence-corrected chi connectivity index (χ3v) is 11.5. The van der Waals surface area contributed by atoms with Crippen molar-refractivity contribution in [2.75, 3.05) is 52.7 Å². The smallest absolute Gasteiger partial charge is 0.305 e. The largest absolute Gasteiger partial charge is 0.466 e. The highest BCUT2D eigenvalue weighted by Gasteiger charge is 2.15. The van der Waals surface area contributed by atoms with E-state index in [1.54, 1.807) is 0 Å². The van der Waals surface area contributed by atoms with Crippen LogP contribution in [0.2, 0.25) is 0 Å². The molecule has 0 aromatic rings. The monoisotopic (exact) mass is 814 g/mol. The van der Waals surface area contributed by atoms with Crippen LogP contribution in [0.1, 0.15) is 210 Å². The van der Waals surface area contributed by atoms with Gasteiger partial charge in [-0.15, -0.1) is 0 Å². The second kappa shape index (κ2) is 39.4. The van der Waals surface area contributed by atoms with E-state index in [1.165, 1.54) is 57.8 Å². The van der Waals surface area contributed by atoms with Gasteiger partial charge in [-0.1, -0.05) is 146 Å². The molecule has 0 aromatic carbocycles. The van der Waals surface area contributed by atoms with Crippen molar-refractivity contribution in [3.63, 3.8) is 0 Å². The summed E-state index contributed by atoms with van der Waals surface area (Å²) in [5.41, 5.74) is 0. The molecule has 0 saturated heterocycles. The van der Waals surface area contributed by atoms with Crippen molar-refractivity contribution in [2.45, 2.75) is 223 Å². The quantitative estimate of drug-likeness (QED) is 0.0357. The van der Waals surface area contributed by atoms with E-state index in [9.17, 15) is 15.0 Å². The Hall–Kier alpha value is -0.770. The molecule has 57 heavy (non-hydrogen) atoms. The number of ether oxygens (including phenoxy) is 4. The molecule has 0 bridgehead atoms. The number of rotatable bonds is 43. The molecule has 0 spiro atoms. The molecule has 0 aliphatic carbocycles. The minimum absolute atomic E-state index is 0.0485. The van der Waals surface area contributed by atoms with E-state index in [1.807, 2.05) is 0 Å². The van der Waals surface area contributed by atoms with Gasteiger partial charge in [-0.25, -0.2) is 0 Å². The van der Waals surface area contributed by atoms with Crippen LogP contribution in [0.4, 0.5) is 0 Å². The Morgan fingerprint density at radius 2 is 0.895 bits per heavy atom. The van der Waals surface area contributed by atoms with Crippen LogP contribution < -0.4 is 0 Å². The normalized spacial score (nSPS) is 14.9. The molecule has 0 fully saturated rings. The fourth-order valence-corrected chi connectivity index (χ4v) is 7.35. The Bertz CT molecular complexity index is 830. The molecule has 0 amide bonds. The van der Waals surface area contributed by atoms with Gasteiger partial charge in [0.15, 0.2) is 12.6 Å². The Kier molecular flexibility index (Phi) is 38.8. The summed E-state index contributed by atoms with van der Waals surface area (Å²) in [6.45, 7) is 25.8. The van der Waals surface area contributed by atoms with Gasteiger partial charge in [-0.3, -0.25) is 4.79 Å². The molecule has 0 rings (SSSR count). The van der Waals surface area contributed by atoms with Crippen LogP contribution in [0.25, 0.3) is 0 Å². The summed E-state index contributed by atoms with van der Waals surface area (Å²) in [7, 11) is 0. The summed E-state index contributed by atoms with van der Waals surface area (Å²) in [5.74, 6) is 4.14. The lowest BCUT2D eigenvalue weighted by Crippen LogP contribution is -2.29. The van der Waals surface area contributed by atoms with Crippen LogP contribution in [-0.4, -0.2) is 86.3 Å². The topological polar surface area (TPSA) is 97.7 Å². The van der Waals surface area contributed by atoms with Crippen molar-refractivity contribution in [3.05, 3.63) is 0 Å². The van der Waals surface area contributed by atoms with Crippen molar-refractivity contribution < 1.29 is 34.0 Å². The predicted octanol–water partition coefficient (Wildman–Crippen LogP) is 12.4. The zero-order valence-corrected chi connectivity index (χ0v) is 39.4. The Balaban J connectivity index is 4.23. The zero-order chi connectivity index (χ0) is 42.5.